The van der Waals surface area contributed by atoms with Gasteiger partial charge >= 0.3 is 0 Å². The molecule has 0 aliphatic heterocycles. The summed E-state index contributed by atoms with van der Waals surface area (Å²) in [5.74, 6) is 1.55. The third-order valence-corrected chi connectivity index (χ3v) is 6.16. The van der Waals surface area contributed by atoms with Gasteiger partial charge < -0.3 is 4.84 Å². The van der Waals surface area contributed by atoms with Crippen LogP contribution in [0.2, 0.25) is 0 Å². The van der Waals surface area contributed by atoms with E-state index in [1.807, 2.05) is 0 Å². The fraction of sp³-hybridized carbons (Fsp3) is 0.636. The summed E-state index contributed by atoms with van der Waals surface area (Å²) in [5, 5.41) is 4.09. The molecule has 1 aromatic rings. The molecule has 0 radical (unpaired) electrons. The Labute approximate surface area is 151 Å². The average Bonchev–Trinajstić information content (AvgIpc) is 2.90. The first-order valence-corrected chi connectivity index (χ1v) is 9.70. The standard InChI is InChI=1S/C22H31NO2/c1-14-11-15(2)21(16(3)12-14)20-10-7-18(22(20)24)13-17-5-8-19(9-6-17)23-25-4/h11-12,17-18,20H,5-10,13H2,1-4H3. The van der Waals surface area contributed by atoms with Gasteiger partial charge in [-0.05, 0) is 88.3 Å². The number of nitrogens with zero attached hydrogens (tertiary/aromatic N) is 1. The second-order valence-electron chi connectivity index (χ2n) is 8.06. The maximum absolute atomic E-state index is 13.1. The number of hydrogen-bond donors (Lipinski definition) is 0. The van der Waals surface area contributed by atoms with E-state index in [9.17, 15) is 4.79 Å². The zero-order valence-corrected chi connectivity index (χ0v) is 16.1. The van der Waals surface area contributed by atoms with Crippen LogP contribution in [0, 0.1) is 32.6 Å². The number of carbonyl (C=O) groups excluding carboxylic acids is 1. The number of oxime groups is 1. The topological polar surface area (TPSA) is 38.7 Å². The first kappa shape index (κ1) is 18.2. The summed E-state index contributed by atoms with van der Waals surface area (Å²) in [4.78, 5) is 18.0. The van der Waals surface area contributed by atoms with Crippen molar-refractivity contribution >= 4 is 11.5 Å². The van der Waals surface area contributed by atoms with E-state index in [2.05, 4.69) is 38.1 Å². The van der Waals surface area contributed by atoms with Crippen molar-refractivity contribution in [3.8, 4) is 0 Å². The molecule has 0 N–H and O–H groups in total. The van der Waals surface area contributed by atoms with Gasteiger partial charge in [0.05, 0.1) is 5.71 Å². The second kappa shape index (κ2) is 7.72. The SMILES string of the molecule is CON=C1CCC(CC2CCC(c3c(C)cc(C)cc3C)C2=O)CC1. The number of hydrogen-bond acceptors (Lipinski definition) is 3. The lowest BCUT2D eigenvalue weighted by Crippen LogP contribution is -2.21. The monoisotopic (exact) mass is 341 g/mol. The van der Waals surface area contributed by atoms with E-state index < -0.39 is 0 Å². The minimum atomic E-state index is 0.125. The van der Waals surface area contributed by atoms with Gasteiger partial charge in [-0.2, -0.15) is 0 Å². The molecule has 2 atom stereocenters. The Morgan fingerprint density at radius 2 is 1.68 bits per heavy atom. The van der Waals surface area contributed by atoms with Gasteiger partial charge in [0.1, 0.15) is 12.9 Å². The summed E-state index contributed by atoms with van der Waals surface area (Å²) in [6.45, 7) is 6.45. The molecule has 0 aromatic heterocycles. The fourth-order valence-corrected chi connectivity index (χ4v) is 5.07. The molecule has 2 unspecified atom stereocenters. The van der Waals surface area contributed by atoms with Gasteiger partial charge in [0.15, 0.2) is 0 Å². The van der Waals surface area contributed by atoms with Gasteiger partial charge in [0, 0.05) is 11.8 Å². The fourth-order valence-electron chi connectivity index (χ4n) is 5.07. The molecular formula is C22H31NO2. The Morgan fingerprint density at radius 1 is 1.04 bits per heavy atom. The van der Waals surface area contributed by atoms with Crippen LogP contribution in [0.25, 0.3) is 0 Å². The molecule has 3 rings (SSSR count). The van der Waals surface area contributed by atoms with Crippen molar-refractivity contribution in [3.05, 3.63) is 34.4 Å². The lowest BCUT2D eigenvalue weighted by Gasteiger charge is -2.25. The highest BCUT2D eigenvalue weighted by molar-refractivity contribution is 5.90. The first-order chi connectivity index (χ1) is 12.0. The molecular weight excluding hydrogens is 310 g/mol. The molecule has 2 fully saturated rings. The van der Waals surface area contributed by atoms with Crippen LogP contribution in [0.1, 0.15) is 73.1 Å². The summed E-state index contributed by atoms with van der Waals surface area (Å²) in [5.41, 5.74) is 6.34. The summed E-state index contributed by atoms with van der Waals surface area (Å²) >= 11 is 0. The third kappa shape index (κ3) is 3.96. The Morgan fingerprint density at radius 3 is 2.28 bits per heavy atom. The predicted molar refractivity (Wildman–Crippen MR) is 102 cm³/mol. The molecule has 0 heterocycles. The van der Waals surface area contributed by atoms with Crippen molar-refractivity contribution in [1.82, 2.24) is 0 Å². The normalized spacial score (nSPS) is 26.8. The number of Topliss-reactive ketones (excluding diaryl/α,β-unsaturated/α-hetero) is 1. The van der Waals surface area contributed by atoms with Crippen molar-refractivity contribution in [1.29, 1.82) is 0 Å². The lowest BCUT2D eigenvalue weighted by atomic mass is 9.80. The Balaban J connectivity index is 1.64. The molecule has 25 heavy (non-hydrogen) atoms. The van der Waals surface area contributed by atoms with Gasteiger partial charge in [-0.1, -0.05) is 22.9 Å². The summed E-state index contributed by atoms with van der Waals surface area (Å²) in [6.07, 6.45) is 7.51. The van der Waals surface area contributed by atoms with E-state index in [4.69, 9.17) is 4.84 Å². The van der Waals surface area contributed by atoms with Crippen molar-refractivity contribution < 1.29 is 9.63 Å². The average molecular weight is 341 g/mol. The highest BCUT2D eigenvalue weighted by Gasteiger charge is 2.37. The van der Waals surface area contributed by atoms with Crippen molar-refractivity contribution in [2.75, 3.05) is 7.11 Å². The van der Waals surface area contributed by atoms with Crippen LogP contribution < -0.4 is 0 Å². The summed E-state index contributed by atoms with van der Waals surface area (Å²) in [6, 6.07) is 4.45. The largest absolute Gasteiger partial charge is 0.399 e. The smallest absolute Gasteiger partial charge is 0.143 e. The second-order valence-corrected chi connectivity index (χ2v) is 8.06. The molecule has 0 spiro atoms. The maximum Gasteiger partial charge on any atom is 0.143 e. The van der Waals surface area contributed by atoms with Crippen LogP contribution in [0.15, 0.2) is 17.3 Å². The van der Waals surface area contributed by atoms with E-state index in [0.29, 0.717) is 11.7 Å². The number of ketones is 1. The number of aryl methyl sites for hydroxylation is 3. The Hall–Kier alpha value is -1.64. The molecule has 3 nitrogen and oxygen atoms in total. The van der Waals surface area contributed by atoms with Crippen molar-refractivity contribution in [3.63, 3.8) is 0 Å². The Bertz CT molecular complexity index is 644. The maximum atomic E-state index is 13.1. The van der Waals surface area contributed by atoms with E-state index in [1.54, 1.807) is 7.11 Å². The summed E-state index contributed by atoms with van der Waals surface area (Å²) in [7, 11) is 1.62. The van der Waals surface area contributed by atoms with E-state index in [-0.39, 0.29) is 11.8 Å². The molecule has 136 valence electrons. The zero-order chi connectivity index (χ0) is 18.0. The molecule has 0 amide bonds. The highest BCUT2D eigenvalue weighted by atomic mass is 16.6. The van der Waals surface area contributed by atoms with Gasteiger partial charge in [-0.3, -0.25) is 4.79 Å². The van der Waals surface area contributed by atoms with Crippen molar-refractivity contribution in [2.45, 2.75) is 71.6 Å². The highest BCUT2D eigenvalue weighted by Crippen LogP contribution is 2.42. The van der Waals surface area contributed by atoms with E-state index in [0.717, 1.165) is 44.9 Å². The summed E-state index contributed by atoms with van der Waals surface area (Å²) < 4.78 is 0. The lowest BCUT2D eigenvalue weighted by molar-refractivity contribution is -0.122. The molecule has 1 aromatic carbocycles. The third-order valence-electron chi connectivity index (χ3n) is 6.16. The number of rotatable bonds is 4. The quantitative estimate of drug-likeness (QED) is 0.701. The van der Waals surface area contributed by atoms with Crippen LogP contribution in [-0.2, 0) is 9.63 Å². The number of carbonyl (C=O) groups is 1. The first-order valence-electron chi connectivity index (χ1n) is 9.70. The van der Waals surface area contributed by atoms with E-state index in [1.165, 1.54) is 28.0 Å². The number of benzene rings is 1. The minimum Gasteiger partial charge on any atom is -0.399 e. The molecule has 0 bridgehead atoms. The van der Waals surface area contributed by atoms with Crippen LogP contribution in [-0.4, -0.2) is 18.6 Å². The molecule has 3 heteroatoms. The van der Waals surface area contributed by atoms with Gasteiger partial charge in [-0.25, -0.2) is 0 Å². The van der Waals surface area contributed by atoms with Crippen LogP contribution in [0.5, 0.6) is 0 Å². The molecule has 0 saturated heterocycles. The van der Waals surface area contributed by atoms with Crippen LogP contribution >= 0.6 is 0 Å². The molecule has 2 aliphatic carbocycles. The Kier molecular flexibility index (Phi) is 5.61. The van der Waals surface area contributed by atoms with Crippen molar-refractivity contribution in [2.24, 2.45) is 17.0 Å². The predicted octanol–water partition coefficient (Wildman–Crippen LogP) is 5.26. The van der Waals surface area contributed by atoms with Gasteiger partial charge in [-0.15, -0.1) is 0 Å². The van der Waals surface area contributed by atoms with Gasteiger partial charge in [0.2, 0.25) is 0 Å². The molecule has 2 aliphatic rings. The van der Waals surface area contributed by atoms with Crippen LogP contribution in [0.3, 0.4) is 0 Å². The van der Waals surface area contributed by atoms with E-state index >= 15 is 0 Å². The van der Waals surface area contributed by atoms with Gasteiger partial charge in [0.25, 0.3) is 0 Å². The minimum absolute atomic E-state index is 0.125. The van der Waals surface area contributed by atoms with Crippen LogP contribution in [0.4, 0.5) is 0 Å². The zero-order valence-electron chi connectivity index (χ0n) is 16.1. The molecule has 2 saturated carbocycles.